The normalized spacial score (nSPS) is 34.0. The smallest absolute Gasteiger partial charge is 0.0223 e. The molecule has 1 N–H and O–H groups in total. The highest BCUT2D eigenvalue weighted by molar-refractivity contribution is 4.95. The van der Waals surface area contributed by atoms with Crippen molar-refractivity contribution in [3.05, 3.63) is 0 Å². The number of hydrogen-bond acceptors (Lipinski definition) is 3. The van der Waals surface area contributed by atoms with E-state index in [2.05, 4.69) is 15.1 Å². The molecule has 0 radical (unpaired) electrons. The predicted octanol–water partition coefficient (Wildman–Crippen LogP) is 2.47. The van der Waals surface area contributed by atoms with E-state index in [9.17, 15) is 0 Å². The van der Waals surface area contributed by atoms with Gasteiger partial charge in [-0.15, -0.1) is 0 Å². The van der Waals surface area contributed by atoms with Crippen LogP contribution in [0.15, 0.2) is 0 Å². The van der Waals surface area contributed by atoms with E-state index in [1.54, 1.807) is 0 Å². The zero-order chi connectivity index (χ0) is 14.1. The lowest BCUT2D eigenvalue weighted by atomic mass is 9.84. The maximum Gasteiger partial charge on any atom is 0.0223 e. The summed E-state index contributed by atoms with van der Waals surface area (Å²) >= 11 is 0. The van der Waals surface area contributed by atoms with Gasteiger partial charge >= 0.3 is 0 Å². The quantitative estimate of drug-likeness (QED) is 0.839. The topological polar surface area (TPSA) is 18.5 Å². The van der Waals surface area contributed by atoms with Crippen molar-refractivity contribution in [1.29, 1.82) is 0 Å². The Morgan fingerprint density at radius 3 is 2.57 bits per heavy atom. The third kappa shape index (κ3) is 3.46. The summed E-state index contributed by atoms with van der Waals surface area (Å²) in [5.74, 6) is 0. The van der Waals surface area contributed by atoms with E-state index in [0.29, 0.717) is 5.41 Å². The van der Waals surface area contributed by atoms with Gasteiger partial charge in [-0.3, -0.25) is 9.80 Å². The fourth-order valence-corrected chi connectivity index (χ4v) is 5.00. The van der Waals surface area contributed by atoms with Gasteiger partial charge in [-0.25, -0.2) is 0 Å². The van der Waals surface area contributed by atoms with Crippen molar-refractivity contribution in [2.24, 2.45) is 5.41 Å². The lowest BCUT2D eigenvalue weighted by Gasteiger charge is -2.46. The molecule has 3 nitrogen and oxygen atoms in total. The number of rotatable bonds is 5. The average Bonchev–Trinajstić information content (AvgIpc) is 3.25. The van der Waals surface area contributed by atoms with Crippen LogP contribution in [-0.4, -0.2) is 61.2 Å². The first-order valence-corrected chi connectivity index (χ1v) is 9.53. The monoisotopic (exact) mass is 291 g/mol. The zero-order valence-electron chi connectivity index (χ0n) is 13.7. The minimum absolute atomic E-state index is 0.611. The number of piperidine rings is 1. The fraction of sp³-hybridized carbons (Fsp3) is 1.00. The maximum atomic E-state index is 3.85. The lowest BCUT2D eigenvalue weighted by molar-refractivity contribution is 0.0262. The Hall–Kier alpha value is -0.120. The first-order chi connectivity index (χ1) is 10.3. The standard InChI is InChI=1S/C18H33N3/c1-4-10-21-12-11-20(13-17(21)5-1)15-18(8-2-3-9-18)14-19-16-6-7-16/h16-17,19H,1-15H2. The van der Waals surface area contributed by atoms with Crippen molar-refractivity contribution < 1.29 is 0 Å². The first kappa shape index (κ1) is 14.5. The number of fused-ring (bicyclic) bond motifs is 1. The Kier molecular flexibility index (Phi) is 4.25. The Bertz CT molecular complexity index is 346. The molecule has 4 rings (SSSR count). The summed E-state index contributed by atoms with van der Waals surface area (Å²) in [5.41, 5.74) is 0.611. The van der Waals surface area contributed by atoms with Crippen molar-refractivity contribution >= 4 is 0 Å². The van der Waals surface area contributed by atoms with Crippen molar-refractivity contribution in [3.8, 4) is 0 Å². The maximum absolute atomic E-state index is 3.85. The summed E-state index contributed by atoms with van der Waals surface area (Å²) in [6.45, 7) is 8.04. The molecule has 2 saturated carbocycles. The summed E-state index contributed by atoms with van der Waals surface area (Å²) in [6, 6.07) is 1.75. The van der Waals surface area contributed by atoms with Crippen LogP contribution >= 0.6 is 0 Å². The van der Waals surface area contributed by atoms with Crippen molar-refractivity contribution in [3.63, 3.8) is 0 Å². The fourth-order valence-electron chi connectivity index (χ4n) is 5.00. The Balaban J connectivity index is 1.34. The summed E-state index contributed by atoms with van der Waals surface area (Å²) in [7, 11) is 0. The minimum Gasteiger partial charge on any atom is -0.313 e. The summed E-state index contributed by atoms with van der Waals surface area (Å²) < 4.78 is 0. The third-order valence-electron chi connectivity index (χ3n) is 6.49. The van der Waals surface area contributed by atoms with E-state index in [-0.39, 0.29) is 0 Å². The van der Waals surface area contributed by atoms with Gasteiger partial charge in [0.15, 0.2) is 0 Å². The van der Waals surface area contributed by atoms with E-state index in [0.717, 1.165) is 12.1 Å². The molecule has 1 atom stereocenters. The van der Waals surface area contributed by atoms with Crippen LogP contribution in [0.4, 0.5) is 0 Å². The van der Waals surface area contributed by atoms with Crippen LogP contribution in [0, 0.1) is 5.41 Å². The van der Waals surface area contributed by atoms with Gasteiger partial charge in [0, 0.05) is 44.8 Å². The van der Waals surface area contributed by atoms with Crippen LogP contribution in [0.1, 0.15) is 57.8 Å². The van der Waals surface area contributed by atoms with Crippen LogP contribution in [0.2, 0.25) is 0 Å². The summed E-state index contributed by atoms with van der Waals surface area (Å²) in [6.07, 6.45) is 13.1. The molecule has 3 heteroatoms. The van der Waals surface area contributed by atoms with E-state index >= 15 is 0 Å². The highest BCUT2D eigenvalue weighted by atomic mass is 15.3. The Morgan fingerprint density at radius 1 is 0.905 bits per heavy atom. The molecular formula is C18H33N3. The van der Waals surface area contributed by atoms with Crippen LogP contribution < -0.4 is 5.32 Å². The van der Waals surface area contributed by atoms with Crippen molar-refractivity contribution in [1.82, 2.24) is 15.1 Å². The highest BCUT2D eigenvalue weighted by Crippen LogP contribution is 2.39. The number of nitrogens with zero attached hydrogens (tertiary/aromatic N) is 2. The number of piperazine rings is 1. The van der Waals surface area contributed by atoms with E-state index < -0.39 is 0 Å². The molecule has 2 saturated heterocycles. The first-order valence-electron chi connectivity index (χ1n) is 9.53. The predicted molar refractivity (Wildman–Crippen MR) is 87.6 cm³/mol. The molecule has 2 heterocycles. The zero-order valence-corrected chi connectivity index (χ0v) is 13.7. The van der Waals surface area contributed by atoms with Crippen LogP contribution in [0.3, 0.4) is 0 Å². The van der Waals surface area contributed by atoms with E-state index in [4.69, 9.17) is 0 Å². The summed E-state index contributed by atoms with van der Waals surface area (Å²) in [4.78, 5) is 5.59. The van der Waals surface area contributed by atoms with Gasteiger partial charge < -0.3 is 5.32 Å². The summed E-state index contributed by atoms with van der Waals surface area (Å²) in [5, 5.41) is 3.85. The molecule has 21 heavy (non-hydrogen) atoms. The molecular weight excluding hydrogens is 258 g/mol. The molecule has 2 aliphatic carbocycles. The number of nitrogens with one attached hydrogen (secondary N) is 1. The second kappa shape index (κ2) is 6.17. The van der Waals surface area contributed by atoms with Gasteiger partial charge in [-0.05, 0) is 50.5 Å². The molecule has 2 aliphatic heterocycles. The minimum atomic E-state index is 0.611. The van der Waals surface area contributed by atoms with Gasteiger partial charge in [0.1, 0.15) is 0 Å². The molecule has 0 bridgehead atoms. The molecule has 120 valence electrons. The SMILES string of the molecule is C1CCN2CCN(CC3(CNC4CC4)CCCC3)CC2C1. The second-order valence-electron chi connectivity index (χ2n) is 8.28. The molecule has 1 unspecified atom stereocenters. The average molecular weight is 291 g/mol. The number of hydrogen-bond donors (Lipinski definition) is 1. The molecule has 4 aliphatic rings. The van der Waals surface area contributed by atoms with Gasteiger partial charge in [0.05, 0.1) is 0 Å². The third-order valence-corrected chi connectivity index (χ3v) is 6.49. The van der Waals surface area contributed by atoms with Gasteiger partial charge in [0.2, 0.25) is 0 Å². The van der Waals surface area contributed by atoms with Gasteiger partial charge in [-0.1, -0.05) is 19.3 Å². The Morgan fingerprint density at radius 2 is 1.76 bits per heavy atom. The molecule has 4 fully saturated rings. The lowest BCUT2D eigenvalue weighted by Crippen LogP contribution is -2.57. The van der Waals surface area contributed by atoms with Crippen LogP contribution in [-0.2, 0) is 0 Å². The van der Waals surface area contributed by atoms with E-state index in [1.807, 2.05) is 0 Å². The molecule has 0 amide bonds. The highest BCUT2D eigenvalue weighted by Gasteiger charge is 2.39. The molecule has 0 aromatic rings. The second-order valence-corrected chi connectivity index (χ2v) is 8.28. The van der Waals surface area contributed by atoms with Gasteiger partial charge in [0.25, 0.3) is 0 Å². The van der Waals surface area contributed by atoms with E-state index in [1.165, 1.54) is 97.1 Å². The molecule has 0 aromatic heterocycles. The van der Waals surface area contributed by atoms with Crippen molar-refractivity contribution in [2.45, 2.75) is 69.9 Å². The molecule has 0 aromatic carbocycles. The van der Waals surface area contributed by atoms with Crippen LogP contribution in [0.25, 0.3) is 0 Å². The Labute approximate surface area is 130 Å². The molecule has 0 spiro atoms. The van der Waals surface area contributed by atoms with Gasteiger partial charge in [-0.2, -0.15) is 0 Å². The largest absolute Gasteiger partial charge is 0.313 e. The van der Waals surface area contributed by atoms with Crippen LogP contribution in [0.5, 0.6) is 0 Å². The van der Waals surface area contributed by atoms with Crippen molar-refractivity contribution in [2.75, 3.05) is 39.3 Å².